The van der Waals surface area contributed by atoms with E-state index >= 15 is 0 Å². The lowest BCUT2D eigenvalue weighted by Gasteiger charge is -2.28. The van der Waals surface area contributed by atoms with E-state index in [0.717, 1.165) is 11.1 Å². The van der Waals surface area contributed by atoms with Gasteiger partial charge in [0.15, 0.2) is 0 Å². The van der Waals surface area contributed by atoms with Gasteiger partial charge in [-0.2, -0.15) is 0 Å². The molecule has 1 aliphatic rings. The normalized spacial score (nSPS) is 19.0. The number of benzene rings is 2. The summed E-state index contributed by atoms with van der Waals surface area (Å²) in [6.45, 7) is 4.73. The second-order valence-corrected chi connectivity index (χ2v) is 8.21. The Labute approximate surface area is 184 Å². The Morgan fingerprint density at radius 2 is 1.74 bits per heavy atom. The molecule has 0 saturated carbocycles. The maximum absolute atomic E-state index is 13.2. The van der Waals surface area contributed by atoms with Crippen LogP contribution < -0.4 is 5.32 Å². The number of imide groups is 1. The number of nitrogens with zero attached hydrogens (tertiary/aromatic N) is 1. The Hall–Kier alpha value is -2.70. The van der Waals surface area contributed by atoms with Crippen molar-refractivity contribution >= 4 is 12.0 Å². The molecule has 0 spiro atoms. The molecule has 166 valence electrons. The van der Waals surface area contributed by atoms with Crippen molar-refractivity contribution in [3.63, 3.8) is 0 Å². The van der Waals surface area contributed by atoms with Gasteiger partial charge in [-0.1, -0.05) is 67.6 Å². The molecule has 1 heterocycles. The van der Waals surface area contributed by atoms with Gasteiger partial charge in [-0.05, 0) is 37.3 Å². The molecule has 0 aromatic heterocycles. The summed E-state index contributed by atoms with van der Waals surface area (Å²) >= 11 is 0. The highest BCUT2D eigenvalue weighted by atomic mass is 16.6. The lowest BCUT2D eigenvalue weighted by atomic mass is 9.92. The smallest absolute Gasteiger partial charge is 0.416 e. The van der Waals surface area contributed by atoms with E-state index < -0.39 is 18.1 Å². The zero-order valence-corrected chi connectivity index (χ0v) is 18.2. The highest BCUT2D eigenvalue weighted by molar-refractivity contribution is 5.95. The van der Waals surface area contributed by atoms with Crippen LogP contribution in [-0.2, 0) is 22.5 Å². The third-order valence-corrected chi connectivity index (χ3v) is 5.83. The highest BCUT2D eigenvalue weighted by Crippen LogP contribution is 2.24. The van der Waals surface area contributed by atoms with E-state index in [9.17, 15) is 14.7 Å². The molecule has 4 atom stereocenters. The molecule has 2 N–H and O–H groups in total. The van der Waals surface area contributed by atoms with Gasteiger partial charge in [0.2, 0.25) is 5.91 Å². The molecule has 0 radical (unpaired) electrons. The van der Waals surface area contributed by atoms with Crippen LogP contribution in [0.5, 0.6) is 0 Å². The first kappa shape index (κ1) is 23.0. The van der Waals surface area contributed by atoms with Crippen LogP contribution in [-0.4, -0.2) is 46.8 Å². The molecule has 6 nitrogen and oxygen atoms in total. The van der Waals surface area contributed by atoms with Gasteiger partial charge < -0.3 is 15.2 Å². The minimum Gasteiger partial charge on any atom is -0.447 e. The molecule has 0 unspecified atom stereocenters. The van der Waals surface area contributed by atoms with Crippen molar-refractivity contribution < 1.29 is 19.4 Å². The number of cyclic esters (lactones) is 1. The van der Waals surface area contributed by atoms with E-state index in [1.54, 1.807) is 0 Å². The molecular formula is C25H32N2O4. The monoisotopic (exact) mass is 424 g/mol. The Morgan fingerprint density at radius 3 is 2.35 bits per heavy atom. The average Bonchev–Trinajstić information content (AvgIpc) is 3.14. The summed E-state index contributed by atoms with van der Waals surface area (Å²) in [4.78, 5) is 26.8. The van der Waals surface area contributed by atoms with Crippen molar-refractivity contribution in [2.75, 3.05) is 6.61 Å². The van der Waals surface area contributed by atoms with E-state index in [2.05, 4.69) is 5.32 Å². The van der Waals surface area contributed by atoms with Crippen molar-refractivity contribution in [3.05, 3.63) is 71.8 Å². The summed E-state index contributed by atoms with van der Waals surface area (Å²) in [7, 11) is 0. The maximum atomic E-state index is 13.2. The first-order valence-electron chi connectivity index (χ1n) is 11.0. The quantitative estimate of drug-likeness (QED) is 0.610. The van der Waals surface area contributed by atoms with Crippen LogP contribution in [0.3, 0.4) is 0 Å². The number of hydrogen-bond acceptors (Lipinski definition) is 5. The fraction of sp³-hybridized carbons (Fsp3) is 0.440. The fourth-order valence-electron chi connectivity index (χ4n) is 4.05. The number of aliphatic hydroxyl groups excluding tert-OH is 1. The Kier molecular flexibility index (Phi) is 8.20. The Balaban J connectivity index is 1.59. The van der Waals surface area contributed by atoms with Gasteiger partial charge in [0.05, 0.1) is 18.1 Å². The zero-order chi connectivity index (χ0) is 22.2. The predicted octanol–water partition coefficient (Wildman–Crippen LogP) is 3.53. The van der Waals surface area contributed by atoms with Gasteiger partial charge >= 0.3 is 6.09 Å². The van der Waals surface area contributed by atoms with E-state index in [1.165, 1.54) is 4.90 Å². The third-order valence-electron chi connectivity index (χ3n) is 5.83. The second-order valence-electron chi connectivity index (χ2n) is 8.21. The minimum atomic E-state index is -0.846. The summed E-state index contributed by atoms with van der Waals surface area (Å²) < 4.78 is 5.19. The lowest BCUT2D eigenvalue weighted by molar-refractivity contribution is -0.137. The van der Waals surface area contributed by atoms with Gasteiger partial charge in [0, 0.05) is 12.6 Å². The molecule has 31 heavy (non-hydrogen) atoms. The molecule has 2 aromatic rings. The molecule has 3 rings (SSSR count). The number of rotatable bonds is 10. The largest absolute Gasteiger partial charge is 0.447 e. The number of amides is 2. The molecular weight excluding hydrogens is 392 g/mol. The third kappa shape index (κ3) is 6.15. The van der Waals surface area contributed by atoms with Crippen LogP contribution in [0, 0.1) is 5.92 Å². The van der Waals surface area contributed by atoms with E-state index in [-0.39, 0.29) is 24.6 Å². The maximum Gasteiger partial charge on any atom is 0.416 e. The molecule has 0 aliphatic carbocycles. The van der Waals surface area contributed by atoms with Crippen LogP contribution in [0.2, 0.25) is 0 Å². The Bertz CT molecular complexity index is 843. The summed E-state index contributed by atoms with van der Waals surface area (Å²) in [5.41, 5.74) is 2.20. The van der Waals surface area contributed by atoms with Crippen LogP contribution in [0.1, 0.15) is 37.8 Å². The van der Waals surface area contributed by atoms with E-state index in [4.69, 9.17) is 4.74 Å². The van der Waals surface area contributed by atoms with Crippen molar-refractivity contribution in [1.82, 2.24) is 10.2 Å². The molecule has 1 saturated heterocycles. The first-order chi connectivity index (χ1) is 15.0. The number of aliphatic hydroxyl groups is 1. The first-order valence-corrected chi connectivity index (χ1v) is 11.0. The number of ether oxygens (including phenoxy) is 1. The van der Waals surface area contributed by atoms with E-state index in [1.807, 2.05) is 74.5 Å². The molecule has 0 bridgehead atoms. The van der Waals surface area contributed by atoms with Crippen LogP contribution in [0.4, 0.5) is 4.79 Å². The van der Waals surface area contributed by atoms with Gasteiger partial charge in [-0.15, -0.1) is 0 Å². The van der Waals surface area contributed by atoms with Crippen molar-refractivity contribution in [1.29, 1.82) is 0 Å². The number of carbonyl (C=O) groups is 2. The zero-order valence-electron chi connectivity index (χ0n) is 18.2. The molecule has 2 aromatic carbocycles. The summed E-state index contributed by atoms with van der Waals surface area (Å²) in [6, 6.07) is 19.4. The Morgan fingerprint density at radius 1 is 1.13 bits per heavy atom. The predicted molar refractivity (Wildman–Crippen MR) is 119 cm³/mol. The van der Waals surface area contributed by atoms with Crippen molar-refractivity contribution in [2.24, 2.45) is 5.92 Å². The van der Waals surface area contributed by atoms with Gasteiger partial charge in [-0.25, -0.2) is 9.69 Å². The second kappa shape index (κ2) is 11.1. The standard InChI is InChI=1S/C25H32N2O4/c1-3-22(23(28)14-18(2)26-16-20-12-8-5-9-13-20)24(29)27-21(17-31-25(27)30)15-19-10-6-4-7-11-19/h4-13,18,21-23,26,28H,3,14-17H2,1-2H3/t18-,21+,22+,23-/m0/s1. The number of hydrogen-bond donors (Lipinski definition) is 2. The average molecular weight is 425 g/mol. The van der Waals surface area contributed by atoms with Crippen LogP contribution in [0.15, 0.2) is 60.7 Å². The summed E-state index contributed by atoms with van der Waals surface area (Å²) in [6.07, 6.45) is -0.0513. The van der Waals surface area contributed by atoms with Crippen LogP contribution in [0.25, 0.3) is 0 Å². The van der Waals surface area contributed by atoms with Crippen molar-refractivity contribution in [2.45, 2.75) is 57.8 Å². The number of carbonyl (C=O) groups excluding carboxylic acids is 2. The number of nitrogens with one attached hydrogen (secondary N) is 1. The molecule has 1 aliphatic heterocycles. The fourth-order valence-corrected chi connectivity index (χ4v) is 4.05. The molecule has 6 heteroatoms. The summed E-state index contributed by atoms with van der Waals surface area (Å²) in [5, 5.41) is 14.2. The minimum absolute atomic E-state index is 0.0164. The van der Waals surface area contributed by atoms with Crippen LogP contribution >= 0.6 is 0 Å². The molecule has 1 fully saturated rings. The lowest BCUT2D eigenvalue weighted by Crippen LogP contribution is -2.47. The SMILES string of the molecule is CC[C@@H](C(=O)N1C(=O)OC[C@H]1Cc1ccccc1)[C@@H](O)C[C@H](C)NCc1ccccc1. The van der Waals surface area contributed by atoms with Gasteiger partial charge in [0.1, 0.15) is 6.61 Å². The van der Waals surface area contributed by atoms with Gasteiger partial charge in [-0.3, -0.25) is 4.79 Å². The van der Waals surface area contributed by atoms with Gasteiger partial charge in [0.25, 0.3) is 0 Å². The molecule has 2 amide bonds. The summed E-state index contributed by atoms with van der Waals surface area (Å²) in [5.74, 6) is -1.00. The highest BCUT2D eigenvalue weighted by Gasteiger charge is 2.42. The topological polar surface area (TPSA) is 78.9 Å². The van der Waals surface area contributed by atoms with E-state index in [0.29, 0.717) is 25.8 Å². The van der Waals surface area contributed by atoms with Crippen molar-refractivity contribution in [3.8, 4) is 0 Å².